The summed E-state index contributed by atoms with van der Waals surface area (Å²) >= 11 is 0. The van der Waals surface area contributed by atoms with Crippen LogP contribution in [0.25, 0.3) is 21.9 Å². The van der Waals surface area contributed by atoms with E-state index in [0.29, 0.717) is 5.58 Å². The maximum atomic E-state index is 12.0. The third kappa shape index (κ3) is 2.49. The van der Waals surface area contributed by atoms with Gasteiger partial charge in [-0.25, -0.2) is 4.79 Å². The maximum absolute atomic E-state index is 12.0. The lowest BCUT2D eigenvalue weighted by Gasteiger charge is -2.06. The van der Waals surface area contributed by atoms with E-state index in [1.54, 1.807) is 13.3 Å². The molecule has 0 aliphatic rings. The third-order valence-electron chi connectivity index (χ3n) is 3.66. The first-order chi connectivity index (χ1) is 10.2. The fourth-order valence-electron chi connectivity index (χ4n) is 2.47. The van der Waals surface area contributed by atoms with Gasteiger partial charge >= 0.3 is 5.63 Å². The zero-order valence-electron chi connectivity index (χ0n) is 12.2. The average molecular weight is 283 g/mol. The molecule has 0 N–H and O–H groups in total. The van der Waals surface area contributed by atoms with Crippen LogP contribution in [0.1, 0.15) is 25.3 Å². The predicted molar refractivity (Wildman–Crippen MR) is 82.9 cm³/mol. The van der Waals surface area contributed by atoms with E-state index >= 15 is 0 Å². The molecule has 1 aromatic carbocycles. The molecule has 2 heterocycles. The van der Waals surface area contributed by atoms with Crippen molar-refractivity contribution in [3.8, 4) is 5.75 Å². The largest absolute Gasteiger partial charge is 0.497 e. The first kappa shape index (κ1) is 13.6. The van der Waals surface area contributed by atoms with Crippen molar-refractivity contribution in [1.82, 2.24) is 4.98 Å². The van der Waals surface area contributed by atoms with E-state index in [2.05, 4.69) is 11.9 Å². The van der Waals surface area contributed by atoms with Crippen LogP contribution < -0.4 is 10.4 Å². The van der Waals surface area contributed by atoms with E-state index in [1.165, 1.54) is 0 Å². The van der Waals surface area contributed by atoms with Crippen molar-refractivity contribution >= 4 is 21.9 Å². The second-order valence-electron chi connectivity index (χ2n) is 5.08. The van der Waals surface area contributed by atoms with E-state index in [1.807, 2.05) is 24.3 Å². The van der Waals surface area contributed by atoms with Crippen LogP contribution in [-0.2, 0) is 6.42 Å². The van der Waals surface area contributed by atoms with Crippen LogP contribution in [0.5, 0.6) is 5.75 Å². The van der Waals surface area contributed by atoms with Gasteiger partial charge in [-0.2, -0.15) is 0 Å². The summed E-state index contributed by atoms with van der Waals surface area (Å²) in [7, 11) is 1.63. The summed E-state index contributed by atoms with van der Waals surface area (Å²) in [6.45, 7) is 2.10. The molecule has 0 aliphatic heterocycles. The predicted octanol–water partition coefficient (Wildman–Crippen LogP) is 3.69. The lowest BCUT2D eigenvalue weighted by Crippen LogP contribution is -2.07. The van der Waals surface area contributed by atoms with Gasteiger partial charge in [0.15, 0.2) is 5.58 Å². The van der Waals surface area contributed by atoms with Crippen molar-refractivity contribution in [3.63, 3.8) is 0 Å². The normalized spacial score (nSPS) is 11.1. The molecule has 3 rings (SSSR count). The number of nitrogens with zero attached hydrogens (tertiary/aromatic N) is 1. The van der Waals surface area contributed by atoms with Gasteiger partial charge in [0.25, 0.3) is 0 Å². The number of fused-ring (bicyclic) bond motifs is 3. The molecule has 0 fully saturated rings. The van der Waals surface area contributed by atoms with Gasteiger partial charge in [0.1, 0.15) is 5.75 Å². The van der Waals surface area contributed by atoms with E-state index in [9.17, 15) is 4.79 Å². The van der Waals surface area contributed by atoms with E-state index < -0.39 is 0 Å². The van der Waals surface area contributed by atoms with Crippen molar-refractivity contribution in [3.05, 3.63) is 46.4 Å². The Bertz CT molecular complexity index is 852. The highest BCUT2D eigenvalue weighted by Gasteiger charge is 2.09. The van der Waals surface area contributed by atoms with E-state index in [-0.39, 0.29) is 5.63 Å². The first-order valence-electron chi connectivity index (χ1n) is 7.12. The average Bonchev–Trinajstić information content (AvgIpc) is 2.52. The molecule has 0 amide bonds. The number of ether oxygens (including phenoxy) is 1. The second-order valence-corrected chi connectivity index (χ2v) is 5.08. The summed E-state index contributed by atoms with van der Waals surface area (Å²) in [5.41, 5.74) is 1.83. The van der Waals surface area contributed by atoms with Crippen LogP contribution in [0.4, 0.5) is 0 Å². The van der Waals surface area contributed by atoms with Gasteiger partial charge in [-0.1, -0.05) is 13.3 Å². The maximum Gasteiger partial charge on any atom is 0.339 e. The molecule has 0 spiro atoms. The fraction of sp³-hybridized carbons (Fsp3) is 0.294. The minimum atomic E-state index is -0.264. The molecule has 0 radical (unpaired) electrons. The highest BCUT2D eigenvalue weighted by molar-refractivity contribution is 6.03. The van der Waals surface area contributed by atoms with Gasteiger partial charge < -0.3 is 9.15 Å². The first-order valence-corrected chi connectivity index (χ1v) is 7.12. The Labute approximate surface area is 122 Å². The van der Waals surface area contributed by atoms with Gasteiger partial charge in [-0.05, 0) is 37.1 Å². The summed E-state index contributed by atoms with van der Waals surface area (Å²) < 4.78 is 10.7. The monoisotopic (exact) mass is 283 g/mol. The molecule has 21 heavy (non-hydrogen) atoms. The van der Waals surface area contributed by atoms with Crippen LogP contribution in [0, 0.1) is 0 Å². The number of unbranched alkanes of at least 4 members (excludes halogenated alkanes) is 1. The van der Waals surface area contributed by atoms with Crippen molar-refractivity contribution in [2.45, 2.75) is 26.2 Å². The second kappa shape index (κ2) is 5.56. The number of hydrogen-bond acceptors (Lipinski definition) is 4. The molecule has 0 saturated heterocycles. The SMILES string of the molecule is CCCCc1cc2c(cnc3ccc(OC)cc32)oc1=O. The minimum absolute atomic E-state index is 0.264. The molecular weight excluding hydrogens is 266 g/mol. The molecular formula is C17H17NO3. The van der Waals surface area contributed by atoms with Gasteiger partial charge in [-0.3, -0.25) is 4.98 Å². The van der Waals surface area contributed by atoms with E-state index in [4.69, 9.17) is 9.15 Å². The van der Waals surface area contributed by atoms with Gasteiger partial charge in [0.2, 0.25) is 0 Å². The summed E-state index contributed by atoms with van der Waals surface area (Å²) in [5, 5.41) is 1.85. The highest BCUT2D eigenvalue weighted by atomic mass is 16.5. The summed E-state index contributed by atoms with van der Waals surface area (Å²) in [6, 6.07) is 7.64. The van der Waals surface area contributed by atoms with Crippen LogP contribution in [-0.4, -0.2) is 12.1 Å². The number of pyridine rings is 1. The zero-order valence-corrected chi connectivity index (χ0v) is 12.2. The Kier molecular flexibility index (Phi) is 3.60. The van der Waals surface area contributed by atoms with E-state index in [0.717, 1.165) is 46.9 Å². The number of benzene rings is 1. The van der Waals surface area contributed by atoms with Crippen molar-refractivity contribution in [2.24, 2.45) is 0 Å². The van der Waals surface area contributed by atoms with Gasteiger partial charge in [0, 0.05) is 16.3 Å². The Hall–Kier alpha value is -2.36. The smallest absolute Gasteiger partial charge is 0.339 e. The Balaban J connectivity index is 2.28. The molecule has 0 atom stereocenters. The zero-order chi connectivity index (χ0) is 14.8. The quantitative estimate of drug-likeness (QED) is 0.685. The van der Waals surface area contributed by atoms with Crippen LogP contribution in [0.2, 0.25) is 0 Å². The number of methoxy groups -OCH3 is 1. The summed E-state index contributed by atoms with van der Waals surface area (Å²) in [4.78, 5) is 16.3. The minimum Gasteiger partial charge on any atom is -0.497 e. The standard InChI is InChI=1S/C17H17NO3/c1-3-4-5-11-8-14-13-9-12(20-2)6-7-15(13)18-10-16(14)21-17(11)19/h6-10H,3-5H2,1-2H3. The number of aromatic nitrogens is 1. The Morgan fingerprint density at radius 3 is 2.86 bits per heavy atom. The molecule has 0 unspecified atom stereocenters. The van der Waals surface area contributed by atoms with Crippen LogP contribution >= 0.6 is 0 Å². The molecule has 108 valence electrons. The molecule has 4 nitrogen and oxygen atoms in total. The van der Waals surface area contributed by atoms with Crippen molar-refractivity contribution in [1.29, 1.82) is 0 Å². The third-order valence-corrected chi connectivity index (χ3v) is 3.66. The summed E-state index contributed by atoms with van der Waals surface area (Å²) in [5.74, 6) is 0.762. The van der Waals surface area contributed by atoms with Crippen LogP contribution in [0.15, 0.2) is 39.7 Å². The van der Waals surface area contributed by atoms with Gasteiger partial charge in [-0.15, -0.1) is 0 Å². The lowest BCUT2D eigenvalue weighted by molar-refractivity contribution is 0.415. The molecule has 2 aromatic heterocycles. The molecule has 0 saturated carbocycles. The molecule has 0 aliphatic carbocycles. The summed E-state index contributed by atoms with van der Waals surface area (Å²) in [6.07, 6.45) is 4.36. The Morgan fingerprint density at radius 2 is 2.10 bits per heavy atom. The molecule has 4 heteroatoms. The highest BCUT2D eigenvalue weighted by Crippen LogP contribution is 2.27. The Morgan fingerprint density at radius 1 is 1.24 bits per heavy atom. The number of hydrogen-bond donors (Lipinski definition) is 0. The number of rotatable bonds is 4. The topological polar surface area (TPSA) is 52.3 Å². The fourth-order valence-corrected chi connectivity index (χ4v) is 2.47. The molecule has 0 bridgehead atoms. The van der Waals surface area contributed by atoms with Crippen molar-refractivity contribution < 1.29 is 9.15 Å². The molecule has 3 aromatic rings. The van der Waals surface area contributed by atoms with Gasteiger partial charge in [0.05, 0.1) is 18.8 Å². The van der Waals surface area contributed by atoms with Crippen molar-refractivity contribution in [2.75, 3.05) is 7.11 Å². The number of aryl methyl sites for hydroxylation is 1. The lowest BCUT2D eigenvalue weighted by atomic mass is 10.1. The van der Waals surface area contributed by atoms with Crippen LogP contribution in [0.3, 0.4) is 0 Å².